The summed E-state index contributed by atoms with van der Waals surface area (Å²) in [6.07, 6.45) is 7.39. The lowest BCUT2D eigenvalue weighted by Gasteiger charge is -2.43. The first-order valence-electron chi connectivity index (χ1n) is 6.42. The molecule has 0 aromatic rings. The molecule has 2 fully saturated rings. The van der Waals surface area contributed by atoms with Gasteiger partial charge in [0, 0.05) is 5.92 Å². The standard InChI is InChI=1S/C13H23NO/c1-13(2,12(15)11-7-6-8-11)14-9-4-3-5-10-14/h11H,3-10H2,1-2H3. The summed E-state index contributed by atoms with van der Waals surface area (Å²) in [6.45, 7) is 6.48. The van der Waals surface area contributed by atoms with Crippen LogP contribution in [0, 0.1) is 5.92 Å². The number of piperidine rings is 1. The maximum absolute atomic E-state index is 12.3. The predicted molar refractivity (Wildman–Crippen MR) is 61.9 cm³/mol. The molecule has 0 aromatic heterocycles. The molecule has 1 aliphatic carbocycles. The predicted octanol–water partition coefficient (Wildman–Crippen LogP) is 2.62. The Morgan fingerprint density at radius 2 is 1.67 bits per heavy atom. The van der Waals surface area contributed by atoms with E-state index in [1.54, 1.807) is 0 Å². The molecule has 1 saturated carbocycles. The molecule has 2 heteroatoms. The number of hydrogen-bond donors (Lipinski definition) is 0. The summed E-state index contributed by atoms with van der Waals surface area (Å²) in [5.74, 6) is 0.873. The van der Waals surface area contributed by atoms with Gasteiger partial charge in [0.15, 0.2) is 5.78 Å². The second-order valence-electron chi connectivity index (χ2n) is 5.60. The highest BCUT2D eigenvalue weighted by molar-refractivity contribution is 5.90. The largest absolute Gasteiger partial charge is 0.297 e. The molecule has 1 aliphatic heterocycles. The van der Waals surface area contributed by atoms with Crippen molar-refractivity contribution in [2.45, 2.75) is 57.9 Å². The number of nitrogens with zero attached hydrogens (tertiary/aromatic N) is 1. The van der Waals surface area contributed by atoms with Gasteiger partial charge in [-0.1, -0.05) is 12.8 Å². The molecule has 1 heterocycles. The van der Waals surface area contributed by atoms with Crippen LogP contribution >= 0.6 is 0 Å². The Morgan fingerprint density at radius 1 is 1.07 bits per heavy atom. The van der Waals surface area contributed by atoms with Crippen LogP contribution in [0.5, 0.6) is 0 Å². The Balaban J connectivity index is 1.99. The lowest BCUT2D eigenvalue weighted by Crippen LogP contribution is -2.54. The van der Waals surface area contributed by atoms with E-state index < -0.39 is 0 Å². The Morgan fingerprint density at radius 3 is 2.13 bits per heavy atom. The molecule has 2 nitrogen and oxygen atoms in total. The van der Waals surface area contributed by atoms with E-state index >= 15 is 0 Å². The third-order valence-corrected chi connectivity index (χ3v) is 4.23. The molecule has 0 spiro atoms. The van der Waals surface area contributed by atoms with Crippen molar-refractivity contribution in [3.8, 4) is 0 Å². The minimum absolute atomic E-state index is 0.203. The molecule has 0 N–H and O–H groups in total. The van der Waals surface area contributed by atoms with E-state index in [9.17, 15) is 4.79 Å². The van der Waals surface area contributed by atoms with Gasteiger partial charge < -0.3 is 0 Å². The van der Waals surface area contributed by atoms with E-state index in [4.69, 9.17) is 0 Å². The van der Waals surface area contributed by atoms with Gasteiger partial charge in [-0.25, -0.2) is 0 Å². The summed E-state index contributed by atoms with van der Waals surface area (Å²) >= 11 is 0. The molecule has 15 heavy (non-hydrogen) atoms. The van der Waals surface area contributed by atoms with Crippen LogP contribution < -0.4 is 0 Å². The van der Waals surface area contributed by atoms with E-state index in [-0.39, 0.29) is 5.54 Å². The van der Waals surface area contributed by atoms with E-state index in [2.05, 4.69) is 18.7 Å². The van der Waals surface area contributed by atoms with Gasteiger partial charge in [0.1, 0.15) is 0 Å². The Hall–Kier alpha value is -0.370. The summed E-state index contributed by atoms with van der Waals surface area (Å²) in [7, 11) is 0. The molecule has 2 rings (SSSR count). The van der Waals surface area contributed by atoms with Crippen LogP contribution in [0.15, 0.2) is 0 Å². The Labute approximate surface area is 93.0 Å². The molecule has 0 unspecified atom stereocenters. The fraction of sp³-hybridized carbons (Fsp3) is 0.923. The lowest BCUT2D eigenvalue weighted by atomic mass is 9.75. The summed E-state index contributed by atoms with van der Waals surface area (Å²) in [4.78, 5) is 14.7. The molecule has 0 radical (unpaired) electrons. The number of carbonyl (C=O) groups is 1. The first kappa shape index (κ1) is 11.1. The molecule has 0 atom stereocenters. The third-order valence-electron chi connectivity index (χ3n) is 4.23. The summed E-state index contributed by atoms with van der Waals surface area (Å²) < 4.78 is 0. The van der Waals surface area contributed by atoms with Crippen molar-refractivity contribution < 1.29 is 4.79 Å². The van der Waals surface area contributed by atoms with Gasteiger partial charge in [0.25, 0.3) is 0 Å². The zero-order chi connectivity index (χ0) is 10.9. The summed E-state index contributed by atoms with van der Waals surface area (Å²) in [5, 5.41) is 0. The fourth-order valence-electron chi connectivity index (χ4n) is 2.78. The van der Waals surface area contributed by atoms with E-state index in [0.717, 1.165) is 25.9 Å². The number of hydrogen-bond acceptors (Lipinski definition) is 2. The minimum atomic E-state index is -0.203. The zero-order valence-electron chi connectivity index (χ0n) is 10.1. The average molecular weight is 209 g/mol. The van der Waals surface area contributed by atoms with Crippen molar-refractivity contribution in [3.63, 3.8) is 0 Å². The van der Waals surface area contributed by atoms with Crippen LogP contribution in [-0.4, -0.2) is 29.3 Å². The van der Waals surface area contributed by atoms with Crippen molar-refractivity contribution in [2.75, 3.05) is 13.1 Å². The highest BCUT2D eigenvalue weighted by Gasteiger charge is 2.40. The lowest BCUT2D eigenvalue weighted by molar-refractivity contribution is -0.136. The number of ketones is 1. The van der Waals surface area contributed by atoms with Gasteiger partial charge in [-0.05, 0) is 52.6 Å². The summed E-state index contributed by atoms with van der Waals surface area (Å²) in [6, 6.07) is 0. The van der Waals surface area contributed by atoms with E-state index in [1.165, 1.54) is 25.7 Å². The van der Waals surface area contributed by atoms with Crippen molar-refractivity contribution in [1.82, 2.24) is 4.90 Å². The van der Waals surface area contributed by atoms with Crippen LogP contribution in [0.2, 0.25) is 0 Å². The molecule has 1 saturated heterocycles. The van der Waals surface area contributed by atoms with Crippen LogP contribution in [0.1, 0.15) is 52.4 Å². The van der Waals surface area contributed by atoms with Gasteiger partial charge in [-0.3, -0.25) is 9.69 Å². The summed E-state index contributed by atoms with van der Waals surface area (Å²) in [5.41, 5.74) is -0.203. The average Bonchev–Trinajstić information content (AvgIpc) is 2.16. The first-order valence-corrected chi connectivity index (χ1v) is 6.42. The molecule has 0 amide bonds. The smallest absolute Gasteiger partial charge is 0.155 e. The highest BCUT2D eigenvalue weighted by atomic mass is 16.1. The van der Waals surface area contributed by atoms with Crippen molar-refractivity contribution in [1.29, 1.82) is 0 Å². The van der Waals surface area contributed by atoms with Crippen molar-refractivity contribution in [3.05, 3.63) is 0 Å². The Kier molecular flexibility index (Phi) is 3.15. The van der Waals surface area contributed by atoms with Gasteiger partial charge in [-0.2, -0.15) is 0 Å². The second kappa shape index (κ2) is 4.25. The number of Topliss-reactive ketones (excluding diaryl/α,β-unsaturated/α-hetero) is 1. The monoisotopic (exact) mass is 209 g/mol. The molecule has 86 valence electrons. The zero-order valence-corrected chi connectivity index (χ0v) is 10.1. The number of rotatable bonds is 3. The van der Waals surface area contributed by atoms with Gasteiger partial charge in [0.2, 0.25) is 0 Å². The van der Waals surface area contributed by atoms with Crippen LogP contribution in [0.25, 0.3) is 0 Å². The van der Waals surface area contributed by atoms with Crippen molar-refractivity contribution in [2.24, 2.45) is 5.92 Å². The number of likely N-dealkylation sites (tertiary alicyclic amines) is 1. The molecule has 0 bridgehead atoms. The van der Waals surface area contributed by atoms with Gasteiger partial charge in [0.05, 0.1) is 5.54 Å². The third kappa shape index (κ3) is 2.10. The maximum Gasteiger partial charge on any atom is 0.155 e. The van der Waals surface area contributed by atoms with Crippen LogP contribution in [-0.2, 0) is 4.79 Å². The number of carbonyl (C=O) groups excluding carboxylic acids is 1. The first-order chi connectivity index (χ1) is 7.12. The molecular formula is C13H23NO. The molecular weight excluding hydrogens is 186 g/mol. The van der Waals surface area contributed by atoms with Gasteiger partial charge in [-0.15, -0.1) is 0 Å². The quantitative estimate of drug-likeness (QED) is 0.712. The normalized spacial score (nSPS) is 24.9. The molecule has 0 aromatic carbocycles. The van der Waals surface area contributed by atoms with E-state index in [1.807, 2.05) is 0 Å². The minimum Gasteiger partial charge on any atom is -0.297 e. The fourth-order valence-corrected chi connectivity index (χ4v) is 2.78. The van der Waals surface area contributed by atoms with Crippen LogP contribution in [0.4, 0.5) is 0 Å². The Bertz CT molecular complexity index is 237. The van der Waals surface area contributed by atoms with Crippen LogP contribution in [0.3, 0.4) is 0 Å². The van der Waals surface area contributed by atoms with E-state index in [0.29, 0.717) is 11.7 Å². The maximum atomic E-state index is 12.3. The van der Waals surface area contributed by atoms with Crippen molar-refractivity contribution >= 4 is 5.78 Å². The SMILES string of the molecule is CC(C)(C(=O)C1CCC1)N1CCCCC1. The van der Waals surface area contributed by atoms with Gasteiger partial charge >= 0.3 is 0 Å². The molecule has 2 aliphatic rings. The highest BCUT2D eigenvalue weighted by Crippen LogP contribution is 2.33. The second-order valence-corrected chi connectivity index (χ2v) is 5.60. The topological polar surface area (TPSA) is 20.3 Å².